The minimum absolute atomic E-state index is 0.0938. The molecule has 0 aromatic heterocycles. The molecule has 1 N–H and O–H groups in total. The molecule has 0 radical (unpaired) electrons. The molecule has 128 valence electrons. The monoisotopic (exact) mass is 348 g/mol. The van der Waals surface area contributed by atoms with Crippen LogP contribution in [0.5, 0.6) is 5.75 Å². The lowest BCUT2D eigenvalue weighted by molar-refractivity contribution is 0.283. The summed E-state index contributed by atoms with van der Waals surface area (Å²) in [6.07, 6.45) is 0. The highest BCUT2D eigenvalue weighted by atomic mass is 28.3. The highest BCUT2D eigenvalue weighted by Crippen LogP contribution is 2.22. The highest BCUT2D eigenvalue weighted by Gasteiger charge is 2.27. The van der Waals surface area contributed by atoms with E-state index in [0.717, 1.165) is 11.3 Å². The first-order chi connectivity index (χ1) is 12.1. The molecule has 0 saturated carbocycles. The van der Waals surface area contributed by atoms with E-state index in [4.69, 9.17) is 4.74 Å². The molecule has 3 heteroatoms. The van der Waals surface area contributed by atoms with Gasteiger partial charge in [0.15, 0.2) is 0 Å². The molecule has 0 bridgehead atoms. The molecule has 0 fully saturated rings. The molecule has 0 heterocycles. The van der Waals surface area contributed by atoms with Gasteiger partial charge in [0, 0.05) is 0 Å². The molecule has 0 unspecified atom stereocenters. The summed E-state index contributed by atoms with van der Waals surface area (Å²) in [4.78, 5) is 0. The summed E-state index contributed by atoms with van der Waals surface area (Å²) >= 11 is 0. The zero-order valence-corrected chi connectivity index (χ0v) is 16.0. The average molecular weight is 349 g/mol. The fourth-order valence-corrected chi connectivity index (χ4v) is 6.08. The number of ether oxygens (including phenoxy) is 1. The summed E-state index contributed by atoms with van der Waals surface area (Å²) in [5.74, 6) is 0.870. The Morgan fingerprint density at radius 2 is 1.36 bits per heavy atom. The Balaban J connectivity index is 1.93. The molecule has 0 aliphatic rings. The SMILES string of the molecule is COc1ccc(-c2ccc([Si](C)(C)c3ccccc3CO)cc2)cc1. The molecule has 0 saturated heterocycles. The first kappa shape index (κ1) is 17.5. The molecule has 0 amide bonds. The van der Waals surface area contributed by atoms with Gasteiger partial charge in [0.2, 0.25) is 0 Å². The summed E-state index contributed by atoms with van der Waals surface area (Å²) in [5, 5.41) is 12.3. The lowest BCUT2D eigenvalue weighted by Gasteiger charge is -2.26. The van der Waals surface area contributed by atoms with Gasteiger partial charge in [-0.2, -0.15) is 0 Å². The molecule has 0 spiro atoms. The van der Waals surface area contributed by atoms with Crippen LogP contribution in [0.2, 0.25) is 13.1 Å². The average Bonchev–Trinajstić information content (AvgIpc) is 2.68. The van der Waals surface area contributed by atoms with Crippen LogP contribution >= 0.6 is 0 Å². The molecular weight excluding hydrogens is 324 g/mol. The maximum absolute atomic E-state index is 9.68. The standard InChI is InChI=1S/C22H24O2Si/c1-24-20-12-8-17(9-13-20)18-10-14-21(15-11-18)25(2,3)22-7-5-4-6-19(22)16-23/h4-15,23H,16H2,1-3H3. The van der Waals surface area contributed by atoms with Gasteiger partial charge in [-0.25, -0.2) is 0 Å². The first-order valence-electron chi connectivity index (χ1n) is 8.50. The van der Waals surface area contributed by atoms with Crippen LogP contribution in [-0.4, -0.2) is 20.3 Å². The van der Waals surface area contributed by atoms with Crippen LogP contribution in [-0.2, 0) is 6.61 Å². The van der Waals surface area contributed by atoms with Gasteiger partial charge in [0.1, 0.15) is 13.8 Å². The lowest BCUT2D eigenvalue weighted by atomic mass is 10.1. The second-order valence-corrected chi connectivity index (χ2v) is 11.1. The van der Waals surface area contributed by atoms with Crippen LogP contribution in [0.4, 0.5) is 0 Å². The van der Waals surface area contributed by atoms with Gasteiger partial charge in [-0.05, 0) is 34.0 Å². The second-order valence-electron chi connectivity index (χ2n) is 6.75. The fraction of sp³-hybridized carbons (Fsp3) is 0.182. The zero-order valence-electron chi connectivity index (χ0n) is 15.0. The van der Waals surface area contributed by atoms with Crippen molar-refractivity contribution in [1.82, 2.24) is 0 Å². The summed E-state index contributed by atoms with van der Waals surface area (Å²) in [6, 6.07) is 25.2. The van der Waals surface area contributed by atoms with Crippen LogP contribution in [0.3, 0.4) is 0 Å². The predicted molar refractivity (Wildman–Crippen MR) is 108 cm³/mol. The molecule has 2 nitrogen and oxygen atoms in total. The van der Waals surface area contributed by atoms with Crippen molar-refractivity contribution in [1.29, 1.82) is 0 Å². The predicted octanol–water partition coefficient (Wildman–Crippen LogP) is 3.68. The van der Waals surface area contributed by atoms with Crippen LogP contribution < -0.4 is 15.1 Å². The Morgan fingerprint density at radius 1 is 0.800 bits per heavy atom. The van der Waals surface area contributed by atoms with E-state index in [2.05, 4.69) is 61.6 Å². The smallest absolute Gasteiger partial charge is 0.118 e. The molecule has 0 atom stereocenters. The maximum Gasteiger partial charge on any atom is 0.118 e. The van der Waals surface area contributed by atoms with E-state index in [-0.39, 0.29) is 6.61 Å². The third kappa shape index (κ3) is 3.53. The molecule has 0 aliphatic carbocycles. The summed E-state index contributed by atoms with van der Waals surface area (Å²) < 4.78 is 5.22. The van der Waals surface area contributed by atoms with Gasteiger partial charge in [-0.1, -0.05) is 78.9 Å². The van der Waals surface area contributed by atoms with Crippen molar-refractivity contribution >= 4 is 18.4 Å². The molecular formula is C22H24O2Si. The van der Waals surface area contributed by atoms with Crippen molar-refractivity contribution in [3.8, 4) is 16.9 Å². The maximum atomic E-state index is 9.68. The largest absolute Gasteiger partial charge is 0.497 e. The van der Waals surface area contributed by atoms with E-state index in [1.165, 1.54) is 21.5 Å². The summed E-state index contributed by atoms with van der Waals surface area (Å²) in [5.41, 5.74) is 3.42. The van der Waals surface area contributed by atoms with Crippen LogP contribution in [0.1, 0.15) is 5.56 Å². The first-order valence-corrected chi connectivity index (χ1v) is 11.5. The fourth-order valence-electron chi connectivity index (χ4n) is 3.29. The van der Waals surface area contributed by atoms with E-state index < -0.39 is 8.07 Å². The number of rotatable bonds is 5. The van der Waals surface area contributed by atoms with Gasteiger partial charge in [-0.15, -0.1) is 0 Å². The van der Waals surface area contributed by atoms with E-state index >= 15 is 0 Å². The van der Waals surface area contributed by atoms with Crippen molar-refractivity contribution in [3.05, 3.63) is 78.4 Å². The van der Waals surface area contributed by atoms with Crippen LogP contribution in [0, 0.1) is 0 Å². The van der Waals surface area contributed by atoms with Crippen LogP contribution in [0.15, 0.2) is 72.8 Å². The second kappa shape index (κ2) is 7.26. The van der Waals surface area contributed by atoms with Gasteiger partial charge in [0.25, 0.3) is 0 Å². The molecule has 3 aromatic carbocycles. The van der Waals surface area contributed by atoms with E-state index in [1.807, 2.05) is 24.3 Å². The molecule has 3 aromatic rings. The van der Waals surface area contributed by atoms with Crippen LogP contribution in [0.25, 0.3) is 11.1 Å². The van der Waals surface area contributed by atoms with E-state index in [9.17, 15) is 5.11 Å². The molecule has 25 heavy (non-hydrogen) atoms. The minimum atomic E-state index is -1.84. The van der Waals surface area contributed by atoms with E-state index in [1.54, 1.807) is 7.11 Å². The quantitative estimate of drug-likeness (QED) is 0.713. The number of aliphatic hydroxyl groups is 1. The highest BCUT2D eigenvalue weighted by molar-refractivity contribution is 7.00. The van der Waals surface area contributed by atoms with Crippen molar-refractivity contribution in [2.75, 3.05) is 7.11 Å². The van der Waals surface area contributed by atoms with Gasteiger partial charge < -0.3 is 9.84 Å². The third-order valence-corrected chi connectivity index (χ3v) is 8.50. The van der Waals surface area contributed by atoms with Gasteiger partial charge in [-0.3, -0.25) is 0 Å². The lowest BCUT2D eigenvalue weighted by Crippen LogP contribution is -2.54. The Hall–Kier alpha value is -2.36. The Labute approximate surface area is 150 Å². The number of aliphatic hydroxyl groups excluding tert-OH is 1. The van der Waals surface area contributed by atoms with Crippen molar-refractivity contribution in [3.63, 3.8) is 0 Å². The Bertz CT molecular complexity index is 837. The minimum Gasteiger partial charge on any atom is -0.497 e. The number of benzene rings is 3. The topological polar surface area (TPSA) is 29.5 Å². The number of methoxy groups -OCH3 is 1. The molecule has 3 rings (SSSR count). The van der Waals surface area contributed by atoms with Gasteiger partial charge >= 0.3 is 0 Å². The summed E-state index contributed by atoms with van der Waals surface area (Å²) in [6.45, 7) is 4.77. The zero-order chi connectivity index (χ0) is 17.9. The number of hydrogen-bond acceptors (Lipinski definition) is 2. The van der Waals surface area contributed by atoms with Crippen molar-refractivity contribution in [2.24, 2.45) is 0 Å². The van der Waals surface area contributed by atoms with E-state index in [0.29, 0.717) is 0 Å². The van der Waals surface area contributed by atoms with Gasteiger partial charge in [0.05, 0.1) is 13.7 Å². The normalized spacial score (nSPS) is 11.4. The molecule has 0 aliphatic heterocycles. The Morgan fingerprint density at radius 3 is 1.92 bits per heavy atom. The van der Waals surface area contributed by atoms with Crippen molar-refractivity contribution < 1.29 is 9.84 Å². The third-order valence-electron chi connectivity index (χ3n) is 4.89. The summed E-state index contributed by atoms with van der Waals surface area (Å²) in [7, 11) is -0.158. The van der Waals surface area contributed by atoms with Crippen molar-refractivity contribution in [2.45, 2.75) is 19.7 Å². The number of hydrogen-bond donors (Lipinski definition) is 1. The Kier molecular flexibility index (Phi) is 5.07.